The maximum atomic E-state index is 14.1. The number of nitrogens with zero attached hydrogens (tertiary/aromatic N) is 3. The average molecular weight is 562 g/mol. The van der Waals surface area contributed by atoms with E-state index in [1.165, 1.54) is 0 Å². The molecule has 4 nitrogen and oxygen atoms in total. The van der Waals surface area contributed by atoms with Gasteiger partial charge < -0.3 is 4.90 Å². The van der Waals surface area contributed by atoms with E-state index >= 15 is 0 Å². The normalized spacial score (nSPS) is 22.1. The highest BCUT2D eigenvalue weighted by Crippen LogP contribution is 2.55. The molecule has 0 aromatic heterocycles. The Labute approximate surface area is 210 Å². The van der Waals surface area contributed by atoms with Crippen LogP contribution in [0.15, 0.2) is 78.9 Å². The first-order valence-corrected chi connectivity index (χ1v) is 11.9. The molecule has 0 saturated carbocycles. The van der Waals surface area contributed by atoms with Gasteiger partial charge in [0.15, 0.2) is 11.2 Å². The fraction of sp³-hybridized carbons (Fsp3) is 0.148. The number of anilines is 1. The van der Waals surface area contributed by atoms with Crippen LogP contribution in [0.3, 0.4) is 0 Å². The number of carbonyl (C=O) groups excluding carboxylic acids is 1. The van der Waals surface area contributed by atoms with E-state index in [1.807, 2.05) is 71.6 Å². The molecule has 5 rings (SSSR count). The third-order valence-corrected chi connectivity index (χ3v) is 7.41. The summed E-state index contributed by atoms with van der Waals surface area (Å²) in [7, 11) is 0. The second kappa shape index (κ2) is 8.33. The lowest BCUT2D eigenvalue weighted by Crippen LogP contribution is -2.44. The number of fused-ring (bicyclic) bond motifs is 3. The maximum Gasteiger partial charge on any atom is 0.185 e. The molecule has 33 heavy (non-hydrogen) atoms. The molecule has 1 saturated heterocycles. The molecule has 0 bridgehead atoms. The van der Waals surface area contributed by atoms with Gasteiger partial charge in [-0.25, -0.2) is 0 Å². The fourth-order valence-electron chi connectivity index (χ4n) is 5.11. The van der Waals surface area contributed by atoms with Crippen molar-refractivity contribution in [3.8, 4) is 12.1 Å². The first kappa shape index (κ1) is 21.7. The molecule has 0 aliphatic carbocycles. The fourth-order valence-corrected chi connectivity index (χ4v) is 5.86. The molecular formula is C27H17ClIN3O. The van der Waals surface area contributed by atoms with Crippen molar-refractivity contribution in [1.82, 2.24) is 0 Å². The lowest BCUT2D eigenvalue weighted by Gasteiger charge is -2.35. The van der Waals surface area contributed by atoms with Crippen LogP contribution in [0.25, 0.3) is 6.08 Å². The largest absolute Gasteiger partial charge is 0.351 e. The molecule has 0 spiro atoms. The zero-order valence-electron chi connectivity index (χ0n) is 17.3. The smallest absolute Gasteiger partial charge is 0.185 e. The third kappa shape index (κ3) is 3.35. The highest BCUT2D eigenvalue weighted by atomic mass is 127. The second-order valence-electron chi connectivity index (χ2n) is 8.21. The van der Waals surface area contributed by atoms with Crippen LogP contribution >= 0.6 is 34.2 Å². The zero-order chi connectivity index (χ0) is 23.2. The summed E-state index contributed by atoms with van der Waals surface area (Å²) in [5.74, 6) is -0.765. The Bertz CT molecular complexity index is 1360. The molecule has 3 aromatic rings. The molecule has 3 aromatic carbocycles. The number of benzene rings is 3. The van der Waals surface area contributed by atoms with Gasteiger partial charge in [0.05, 0.1) is 18.2 Å². The summed E-state index contributed by atoms with van der Waals surface area (Å²) in [6, 6.07) is 25.7. The Balaban J connectivity index is 1.80. The van der Waals surface area contributed by atoms with Crippen LogP contribution in [0.1, 0.15) is 27.4 Å². The summed E-state index contributed by atoms with van der Waals surface area (Å²) in [5.41, 5.74) is 1.56. The molecule has 6 heteroatoms. The summed E-state index contributed by atoms with van der Waals surface area (Å²) >= 11 is 8.46. The van der Waals surface area contributed by atoms with E-state index in [1.54, 1.807) is 18.2 Å². The van der Waals surface area contributed by atoms with Crippen LogP contribution in [-0.4, -0.2) is 17.9 Å². The summed E-state index contributed by atoms with van der Waals surface area (Å²) in [6.45, 7) is 0. The van der Waals surface area contributed by atoms with Crippen molar-refractivity contribution in [2.75, 3.05) is 4.90 Å². The third-order valence-electron chi connectivity index (χ3n) is 6.50. The SMILES string of the molecule is N#CC1(C#N)[C@@H]2C=Cc3cc(Cl)ccc3N2[C@@H](C(=O)c2ccccc2)[C@@H]1c1cccc(I)c1. The summed E-state index contributed by atoms with van der Waals surface area (Å²) < 4.78 is 0.980. The minimum Gasteiger partial charge on any atom is -0.351 e. The molecule has 0 N–H and O–H groups in total. The van der Waals surface area contributed by atoms with Crippen molar-refractivity contribution in [3.05, 3.63) is 104 Å². The Morgan fingerprint density at radius 2 is 1.76 bits per heavy atom. The zero-order valence-corrected chi connectivity index (χ0v) is 20.2. The molecule has 1 fully saturated rings. The molecule has 160 valence electrons. The van der Waals surface area contributed by atoms with E-state index in [0.717, 1.165) is 20.4 Å². The molecule has 0 unspecified atom stereocenters. The topological polar surface area (TPSA) is 67.9 Å². The van der Waals surface area contributed by atoms with Gasteiger partial charge in [-0.05, 0) is 64.0 Å². The van der Waals surface area contributed by atoms with Gasteiger partial charge in [0, 0.05) is 25.8 Å². The molecule has 3 atom stereocenters. The highest BCUT2D eigenvalue weighted by Gasteiger charge is 2.63. The van der Waals surface area contributed by atoms with Crippen LogP contribution in [0.5, 0.6) is 0 Å². The van der Waals surface area contributed by atoms with Gasteiger partial charge in [0.1, 0.15) is 6.04 Å². The van der Waals surface area contributed by atoms with Gasteiger partial charge in [-0.2, -0.15) is 10.5 Å². The van der Waals surface area contributed by atoms with E-state index < -0.39 is 23.4 Å². The van der Waals surface area contributed by atoms with Crippen LogP contribution in [-0.2, 0) is 0 Å². The Kier molecular flexibility index (Phi) is 5.48. The number of nitriles is 2. The van der Waals surface area contributed by atoms with Crippen LogP contribution < -0.4 is 4.90 Å². The number of rotatable bonds is 3. The number of hydrogen-bond donors (Lipinski definition) is 0. The summed E-state index contributed by atoms with van der Waals surface area (Å²) in [6.07, 6.45) is 3.76. The predicted molar refractivity (Wildman–Crippen MR) is 137 cm³/mol. The highest BCUT2D eigenvalue weighted by molar-refractivity contribution is 14.1. The summed E-state index contributed by atoms with van der Waals surface area (Å²) in [5, 5.41) is 21.5. The van der Waals surface area contributed by atoms with Crippen LogP contribution in [0, 0.1) is 31.6 Å². The number of hydrogen-bond acceptors (Lipinski definition) is 4. The van der Waals surface area contributed by atoms with E-state index in [2.05, 4.69) is 34.7 Å². The van der Waals surface area contributed by atoms with Crippen LogP contribution in [0.2, 0.25) is 5.02 Å². The van der Waals surface area contributed by atoms with Crippen LogP contribution in [0.4, 0.5) is 5.69 Å². The van der Waals surface area contributed by atoms with Crippen molar-refractivity contribution >= 4 is 51.7 Å². The molecule has 2 heterocycles. The standard InChI is InChI=1S/C27H17ClIN3O/c28-20-10-11-22-18(13-20)9-12-23-27(15-30,16-31)24(19-7-4-8-21(29)14-19)25(32(22)23)26(33)17-5-2-1-3-6-17/h1-14,23-25H/t23-,24-,25+/m0/s1. The van der Waals surface area contributed by atoms with Gasteiger partial charge >= 0.3 is 0 Å². The second-order valence-corrected chi connectivity index (χ2v) is 9.90. The molecule has 0 amide bonds. The van der Waals surface area contributed by atoms with E-state index in [4.69, 9.17) is 11.6 Å². The number of ketones is 1. The van der Waals surface area contributed by atoms with Crippen molar-refractivity contribution in [2.45, 2.75) is 18.0 Å². The average Bonchev–Trinajstić information content (AvgIpc) is 3.14. The minimum absolute atomic E-state index is 0.118. The number of halogens is 2. The van der Waals surface area contributed by atoms with E-state index in [-0.39, 0.29) is 5.78 Å². The number of Topliss-reactive ketones (excluding diaryl/α,β-unsaturated/α-hetero) is 1. The van der Waals surface area contributed by atoms with E-state index in [9.17, 15) is 15.3 Å². The Morgan fingerprint density at radius 1 is 1.00 bits per heavy atom. The molecule has 0 radical (unpaired) electrons. The molecular weight excluding hydrogens is 545 g/mol. The molecule has 2 aliphatic rings. The summed E-state index contributed by atoms with van der Waals surface area (Å²) in [4.78, 5) is 16.0. The Morgan fingerprint density at radius 3 is 2.45 bits per heavy atom. The lowest BCUT2D eigenvalue weighted by molar-refractivity contribution is 0.0951. The number of carbonyl (C=O) groups is 1. The molecule has 2 aliphatic heterocycles. The maximum absolute atomic E-state index is 14.1. The van der Waals surface area contributed by atoms with Gasteiger partial charge in [-0.1, -0.05) is 66.2 Å². The van der Waals surface area contributed by atoms with Crippen molar-refractivity contribution < 1.29 is 4.79 Å². The van der Waals surface area contributed by atoms with Gasteiger partial charge in [-0.15, -0.1) is 0 Å². The Hall–Kier alpha value is -3.13. The van der Waals surface area contributed by atoms with Crippen molar-refractivity contribution in [1.29, 1.82) is 10.5 Å². The van der Waals surface area contributed by atoms with Gasteiger partial charge in [0.25, 0.3) is 0 Å². The van der Waals surface area contributed by atoms with Crippen molar-refractivity contribution in [3.63, 3.8) is 0 Å². The quantitative estimate of drug-likeness (QED) is 0.281. The monoisotopic (exact) mass is 561 g/mol. The van der Waals surface area contributed by atoms with E-state index in [0.29, 0.717) is 10.6 Å². The minimum atomic E-state index is -1.45. The lowest BCUT2D eigenvalue weighted by atomic mass is 9.69. The van der Waals surface area contributed by atoms with Crippen molar-refractivity contribution in [2.24, 2.45) is 5.41 Å². The first-order chi connectivity index (χ1) is 16.0. The predicted octanol–water partition coefficient (Wildman–Crippen LogP) is 6.23. The first-order valence-electron chi connectivity index (χ1n) is 10.4. The van der Waals surface area contributed by atoms with Gasteiger partial charge in [-0.3, -0.25) is 4.79 Å². The van der Waals surface area contributed by atoms with Gasteiger partial charge in [0.2, 0.25) is 0 Å².